The van der Waals surface area contributed by atoms with Gasteiger partial charge in [0, 0.05) is 0 Å². The van der Waals surface area contributed by atoms with Crippen molar-refractivity contribution in [2.75, 3.05) is 0 Å². The molecule has 4 heteroatoms. The van der Waals surface area contributed by atoms with Crippen LogP contribution in [-0.4, -0.2) is 17.0 Å². The van der Waals surface area contributed by atoms with Crippen LogP contribution in [0.25, 0.3) is 0 Å². The number of aliphatic carboxylic acids is 1. The van der Waals surface area contributed by atoms with Crippen molar-refractivity contribution in [1.82, 2.24) is 0 Å². The number of carbonyl (C=O) groups is 2. The van der Waals surface area contributed by atoms with E-state index < -0.39 is 17.9 Å². The van der Waals surface area contributed by atoms with Crippen molar-refractivity contribution in [2.24, 2.45) is 5.92 Å². The van der Waals surface area contributed by atoms with Crippen LogP contribution in [0.1, 0.15) is 17.5 Å². The molecule has 0 saturated carbocycles. The maximum Gasteiger partial charge on any atom is 0.320 e. The van der Waals surface area contributed by atoms with E-state index in [4.69, 9.17) is 4.74 Å². The van der Waals surface area contributed by atoms with Crippen LogP contribution in [0.3, 0.4) is 0 Å². The van der Waals surface area contributed by atoms with Gasteiger partial charge in [-0.15, -0.1) is 0 Å². The van der Waals surface area contributed by atoms with E-state index in [9.17, 15) is 14.7 Å². The number of benzene rings is 2. The van der Waals surface area contributed by atoms with Crippen molar-refractivity contribution in [3.05, 3.63) is 71.8 Å². The van der Waals surface area contributed by atoms with E-state index in [2.05, 4.69) is 0 Å². The Morgan fingerprint density at radius 3 is 2.00 bits per heavy atom. The number of rotatable bonds is 7. The number of hydrogen-bond acceptors (Lipinski definition) is 3. The fraction of sp³-hybridized carbons (Fsp3) is 0.222. The second-order valence-corrected chi connectivity index (χ2v) is 5.01. The fourth-order valence-electron chi connectivity index (χ4n) is 2.13. The molecule has 2 aromatic rings. The van der Waals surface area contributed by atoms with Gasteiger partial charge in [-0.1, -0.05) is 60.7 Å². The average molecular weight is 298 g/mol. The van der Waals surface area contributed by atoms with E-state index in [1.54, 1.807) is 0 Å². The van der Waals surface area contributed by atoms with Gasteiger partial charge in [0.1, 0.15) is 6.61 Å². The predicted octanol–water partition coefficient (Wildman–Crippen LogP) is 3.06. The van der Waals surface area contributed by atoms with Gasteiger partial charge in [0.05, 0.1) is 0 Å². The molecular formula is C18H18O4. The molecule has 0 bridgehead atoms. The van der Waals surface area contributed by atoms with Crippen LogP contribution in [-0.2, 0) is 27.4 Å². The van der Waals surface area contributed by atoms with Crippen LogP contribution in [0.4, 0.5) is 0 Å². The molecule has 0 aliphatic rings. The summed E-state index contributed by atoms with van der Waals surface area (Å²) < 4.78 is 5.12. The van der Waals surface area contributed by atoms with Crippen molar-refractivity contribution < 1.29 is 19.4 Å². The van der Waals surface area contributed by atoms with Crippen LogP contribution in [0, 0.1) is 5.92 Å². The summed E-state index contributed by atoms with van der Waals surface area (Å²) in [4.78, 5) is 23.2. The van der Waals surface area contributed by atoms with Crippen molar-refractivity contribution >= 4 is 11.9 Å². The van der Waals surface area contributed by atoms with Crippen LogP contribution < -0.4 is 0 Å². The van der Waals surface area contributed by atoms with Gasteiger partial charge < -0.3 is 9.84 Å². The van der Waals surface area contributed by atoms with E-state index in [-0.39, 0.29) is 13.0 Å². The number of esters is 1. The Balaban J connectivity index is 1.89. The second kappa shape index (κ2) is 7.98. The normalized spacial score (nSPS) is 11.6. The third kappa shape index (κ3) is 4.74. The molecule has 2 aromatic carbocycles. The van der Waals surface area contributed by atoms with Crippen LogP contribution in [0.15, 0.2) is 60.7 Å². The summed E-state index contributed by atoms with van der Waals surface area (Å²) in [6.45, 7) is 0.0921. The quantitative estimate of drug-likeness (QED) is 0.630. The van der Waals surface area contributed by atoms with Crippen LogP contribution in [0.5, 0.6) is 0 Å². The van der Waals surface area contributed by atoms with E-state index in [0.717, 1.165) is 11.1 Å². The Kier molecular flexibility index (Phi) is 5.72. The molecule has 1 N–H and O–H groups in total. The molecule has 114 valence electrons. The number of carbonyl (C=O) groups excluding carboxylic acids is 1. The van der Waals surface area contributed by atoms with Crippen molar-refractivity contribution in [3.8, 4) is 0 Å². The van der Waals surface area contributed by atoms with Gasteiger partial charge in [-0.25, -0.2) is 0 Å². The van der Waals surface area contributed by atoms with E-state index in [1.807, 2.05) is 60.7 Å². The summed E-state index contributed by atoms with van der Waals surface area (Å²) in [5.74, 6) is -2.97. The zero-order chi connectivity index (χ0) is 15.8. The standard InChI is InChI=1S/C18H18O4/c19-17(20)16(12-11-14-7-3-1-4-8-14)18(21)22-13-15-9-5-2-6-10-15/h1-10,16H,11-13H2,(H,19,20). The number of aryl methyl sites for hydroxylation is 1. The molecule has 0 radical (unpaired) electrons. The highest BCUT2D eigenvalue weighted by atomic mass is 16.5. The highest BCUT2D eigenvalue weighted by molar-refractivity contribution is 5.93. The maximum atomic E-state index is 12.0. The molecule has 0 spiro atoms. The lowest BCUT2D eigenvalue weighted by Gasteiger charge is -2.12. The summed E-state index contributed by atoms with van der Waals surface area (Å²) >= 11 is 0. The molecule has 0 fully saturated rings. The SMILES string of the molecule is O=C(O)C(CCc1ccccc1)C(=O)OCc1ccccc1. The Bertz CT molecular complexity index is 607. The number of carboxylic acids is 1. The fourth-order valence-corrected chi connectivity index (χ4v) is 2.13. The largest absolute Gasteiger partial charge is 0.481 e. The number of ether oxygens (including phenoxy) is 1. The lowest BCUT2D eigenvalue weighted by atomic mass is 10.00. The first-order valence-corrected chi connectivity index (χ1v) is 7.14. The summed E-state index contributed by atoms with van der Waals surface area (Å²) in [5, 5.41) is 9.22. The zero-order valence-electron chi connectivity index (χ0n) is 12.1. The Labute approximate surface area is 129 Å². The summed E-state index contributed by atoms with van der Waals surface area (Å²) in [6, 6.07) is 18.7. The topological polar surface area (TPSA) is 63.6 Å². The van der Waals surface area contributed by atoms with Gasteiger partial charge in [-0.3, -0.25) is 9.59 Å². The van der Waals surface area contributed by atoms with Crippen LogP contribution >= 0.6 is 0 Å². The number of hydrogen-bond donors (Lipinski definition) is 1. The minimum Gasteiger partial charge on any atom is -0.481 e. The third-order valence-corrected chi connectivity index (χ3v) is 3.37. The van der Waals surface area contributed by atoms with Gasteiger partial charge in [-0.05, 0) is 24.0 Å². The monoisotopic (exact) mass is 298 g/mol. The highest BCUT2D eigenvalue weighted by Crippen LogP contribution is 2.13. The van der Waals surface area contributed by atoms with E-state index >= 15 is 0 Å². The molecule has 0 heterocycles. The van der Waals surface area contributed by atoms with Gasteiger partial charge in [0.2, 0.25) is 0 Å². The first-order valence-electron chi connectivity index (χ1n) is 7.14. The van der Waals surface area contributed by atoms with E-state index in [0.29, 0.717) is 6.42 Å². The maximum absolute atomic E-state index is 12.0. The Morgan fingerprint density at radius 2 is 1.45 bits per heavy atom. The molecule has 2 rings (SSSR count). The summed E-state index contributed by atoms with van der Waals surface area (Å²) in [5.41, 5.74) is 1.84. The van der Waals surface area contributed by atoms with E-state index in [1.165, 1.54) is 0 Å². The predicted molar refractivity (Wildman–Crippen MR) is 82.1 cm³/mol. The summed E-state index contributed by atoms with van der Waals surface area (Å²) in [7, 11) is 0. The highest BCUT2D eigenvalue weighted by Gasteiger charge is 2.27. The van der Waals surface area contributed by atoms with Crippen LogP contribution in [0.2, 0.25) is 0 Å². The van der Waals surface area contributed by atoms with Crippen molar-refractivity contribution in [2.45, 2.75) is 19.4 Å². The molecule has 4 nitrogen and oxygen atoms in total. The zero-order valence-corrected chi connectivity index (χ0v) is 12.1. The molecule has 22 heavy (non-hydrogen) atoms. The molecule has 1 atom stereocenters. The smallest absolute Gasteiger partial charge is 0.320 e. The van der Waals surface area contributed by atoms with Crippen molar-refractivity contribution in [1.29, 1.82) is 0 Å². The average Bonchev–Trinajstić information content (AvgIpc) is 2.55. The molecule has 0 amide bonds. The molecule has 1 unspecified atom stereocenters. The molecular weight excluding hydrogens is 280 g/mol. The lowest BCUT2D eigenvalue weighted by Crippen LogP contribution is -2.26. The first kappa shape index (κ1) is 15.8. The lowest BCUT2D eigenvalue weighted by molar-refractivity contribution is -0.159. The molecule has 0 aromatic heterocycles. The van der Waals surface area contributed by atoms with Gasteiger partial charge in [0.25, 0.3) is 0 Å². The summed E-state index contributed by atoms with van der Waals surface area (Å²) in [6.07, 6.45) is 0.755. The van der Waals surface area contributed by atoms with Gasteiger partial charge in [-0.2, -0.15) is 0 Å². The Hall–Kier alpha value is -2.62. The third-order valence-electron chi connectivity index (χ3n) is 3.37. The van der Waals surface area contributed by atoms with Gasteiger partial charge >= 0.3 is 11.9 Å². The minimum atomic E-state index is -1.14. The molecule has 0 aliphatic heterocycles. The Morgan fingerprint density at radius 1 is 0.909 bits per heavy atom. The second-order valence-electron chi connectivity index (χ2n) is 5.01. The number of carboxylic acid groups (broad SMARTS) is 1. The van der Waals surface area contributed by atoms with Gasteiger partial charge in [0.15, 0.2) is 5.92 Å². The molecule has 0 aliphatic carbocycles. The minimum absolute atomic E-state index is 0.0921. The molecule has 0 saturated heterocycles. The first-order chi connectivity index (χ1) is 10.7. The van der Waals surface area contributed by atoms with Crippen molar-refractivity contribution in [3.63, 3.8) is 0 Å².